The fourth-order valence-electron chi connectivity index (χ4n) is 11.6. The van der Waals surface area contributed by atoms with Gasteiger partial charge in [0.15, 0.2) is 10.1 Å². The van der Waals surface area contributed by atoms with E-state index in [1.54, 1.807) is 24.3 Å². The number of nitrogens with zero attached hydrogens (tertiary/aromatic N) is 7. The monoisotopic (exact) mass is 1340 g/mol. The molecule has 4 saturated heterocycles. The Kier molecular flexibility index (Phi) is 21.2. The van der Waals surface area contributed by atoms with Crippen molar-refractivity contribution in [2.24, 2.45) is 22.7 Å². The number of fused-ring (bicyclic) bond motifs is 12. The number of pyridine rings is 4. The molecular weight excluding hydrogens is 1260 g/mol. The first kappa shape index (κ1) is 70.2. The third kappa shape index (κ3) is 17.0. The summed E-state index contributed by atoms with van der Waals surface area (Å²) in [6, 6.07) is 15.1. The number of alkyl halides is 6. The van der Waals surface area contributed by atoms with E-state index in [9.17, 15) is 62.4 Å². The van der Waals surface area contributed by atoms with Crippen LogP contribution in [0.25, 0.3) is 0 Å². The van der Waals surface area contributed by atoms with Crippen LogP contribution in [0, 0.1) is 22.7 Å². The number of hydrogen-bond donors (Lipinski definition) is 5. The summed E-state index contributed by atoms with van der Waals surface area (Å²) in [6.45, 7) is 15.7. The van der Waals surface area contributed by atoms with Gasteiger partial charge in [0.2, 0.25) is 5.91 Å². The Morgan fingerprint density at radius 1 is 0.582 bits per heavy atom. The van der Waals surface area contributed by atoms with E-state index in [0.29, 0.717) is 56.0 Å². The highest BCUT2D eigenvalue weighted by Gasteiger charge is 2.49. The molecule has 4 aromatic heterocycles. The van der Waals surface area contributed by atoms with Crippen molar-refractivity contribution in [2.45, 2.75) is 165 Å². The third-order valence-corrected chi connectivity index (χ3v) is 20.0. The van der Waals surface area contributed by atoms with Gasteiger partial charge in [0.05, 0.1) is 22.0 Å². The van der Waals surface area contributed by atoms with Gasteiger partial charge < -0.3 is 35.2 Å². The highest BCUT2D eigenvalue weighted by atomic mass is 35.5. The van der Waals surface area contributed by atoms with Gasteiger partial charge >= 0.3 is 12.4 Å². The molecule has 6 aliphatic heterocycles. The number of rotatable bonds is 9. The molecule has 500 valence electrons. The molecule has 91 heavy (non-hydrogen) atoms. The number of carbonyl (C=O) groups excluding carboxylic acids is 4. The van der Waals surface area contributed by atoms with Crippen molar-refractivity contribution in [3.8, 4) is 0 Å². The Morgan fingerprint density at radius 3 is 1.51 bits per heavy atom. The van der Waals surface area contributed by atoms with Crippen molar-refractivity contribution in [2.75, 3.05) is 77.8 Å². The van der Waals surface area contributed by atoms with Gasteiger partial charge in [-0.2, -0.15) is 43.2 Å². The number of ether oxygens (including phenoxy) is 2. The Balaban J connectivity index is 0.000000198. The second-order valence-electron chi connectivity index (χ2n) is 26.1. The summed E-state index contributed by atoms with van der Waals surface area (Å²) in [4.78, 5) is 73.9. The Morgan fingerprint density at radius 2 is 1.04 bits per heavy atom. The molecule has 2 unspecified atom stereocenters. The predicted molar refractivity (Wildman–Crippen MR) is 329 cm³/mol. The Labute approximate surface area is 531 Å². The lowest BCUT2D eigenvalue weighted by Gasteiger charge is -2.34. The van der Waals surface area contributed by atoms with Crippen molar-refractivity contribution < 1.29 is 71.8 Å². The molecule has 4 aromatic rings. The lowest BCUT2D eigenvalue weighted by atomic mass is 9.89. The van der Waals surface area contributed by atoms with Gasteiger partial charge in [0.25, 0.3) is 37.8 Å². The maximum Gasteiger partial charge on any atom is 0.394 e. The van der Waals surface area contributed by atoms with Crippen LogP contribution in [0.15, 0.2) is 70.7 Å². The molecule has 8 bridgehead atoms. The quantitative estimate of drug-likeness (QED) is 0.0770. The molecule has 0 spiro atoms. The number of amides is 4. The van der Waals surface area contributed by atoms with Gasteiger partial charge in [-0.15, -0.1) is 0 Å². The van der Waals surface area contributed by atoms with E-state index in [4.69, 9.17) is 26.1 Å². The van der Waals surface area contributed by atoms with Crippen LogP contribution in [0.3, 0.4) is 0 Å². The second kappa shape index (κ2) is 27.5. The number of halogens is 7. The summed E-state index contributed by atoms with van der Waals surface area (Å²) < 4.78 is 144. The van der Waals surface area contributed by atoms with Crippen molar-refractivity contribution in [3.63, 3.8) is 0 Å². The predicted octanol–water partition coefficient (Wildman–Crippen LogP) is 9.44. The van der Waals surface area contributed by atoms with Gasteiger partial charge in [-0.25, -0.2) is 29.4 Å². The van der Waals surface area contributed by atoms with E-state index in [1.807, 2.05) is 18.7 Å². The molecule has 22 nitrogen and oxygen atoms in total. The highest BCUT2D eigenvalue weighted by molar-refractivity contribution is 7.90. The van der Waals surface area contributed by atoms with E-state index >= 15 is 0 Å². The minimum absolute atomic E-state index is 0.0222. The fraction of sp³-hybridized carbons (Fsp3) is 0.600. The van der Waals surface area contributed by atoms with Gasteiger partial charge in [0.1, 0.15) is 46.5 Å². The van der Waals surface area contributed by atoms with E-state index in [-0.39, 0.29) is 94.4 Å². The Hall–Kier alpha value is -6.63. The van der Waals surface area contributed by atoms with Crippen LogP contribution in [0.4, 0.5) is 55.4 Å². The molecule has 10 rings (SSSR count). The van der Waals surface area contributed by atoms with Crippen LogP contribution in [-0.2, 0) is 39.1 Å². The molecule has 4 fully saturated rings. The maximum absolute atomic E-state index is 13.6. The molecule has 0 aliphatic carbocycles. The average Bonchev–Trinajstić information content (AvgIpc) is 1.75. The van der Waals surface area contributed by atoms with E-state index in [0.717, 1.165) is 72.8 Å². The SMILES string of the molecule is CC(C)(CCOC1CCNC1=O)C(F)(F)F.CC1(C)C[C@@H]2CCCNc3cccc(n3)S(=O)(=O)NC(=O)c3ccc(Cl)nc3N1C2.CC1(C)C[C@@H]2CCCNc3cccc(n3)S(=O)(=O)NC(=O)c3ccc(N4CCC(OCCC(C)(C)C(F)(F)F)C4=O)nc3N1C2. The van der Waals surface area contributed by atoms with Crippen LogP contribution < -0.4 is 40.1 Å². The zero-order valence-corrected chi connectivity index (χ0v) is 54.4. The number of anilines is 5. The fourth-order valence-corrected chi connectivity index (χ4v) is 13.7. The van der Waals surface area contributed by atoms with Crippen LogP contribution in [0.1, 0.15) is 140 Å². The summed E-state index contributed by atoms with van der Waals surface area (Å²) in [7, 11) is -8.49. The average molecular weight is 1340 g/mol. The third-order valence-electron chi connectivity index (χ3n) is 17.3. The standard InChI is InChI=1S/C30H39F3N6O5S.C20H24ClN5O3S.C10H16F3NO2/c1-28(2,30(31,32)33)13-16-44-21-12-15-38(27(21)41)23-11-10-20-25(36-23)39-18-19(17-29(39,3)4)7-6-14-34-22-8-5-9-24(35-22)45(42,43)37-26(20)40;1-20(2)11-13-5-4-10-22-16-6-3-7-17(24-16)30(28,29)25-19(27)14-8-9-15(21)23-18(14)26(20)12-13;1-9(2,10(11,12)13)4-6-16-7-3-5-14-8(7)15/h5,8-11,19,21H,6-7,12-18H2,1-4H3,(H,34,35)(H,37,40);3,6-9,13H,4-5,10-12H2,1-2H3,(H,22,24)(H,25,27);7H,3-6H2,1-2H3,(H,14,15)/t19-,21?;13-;/m00./s1. The largest absolute Gasteiger partial charge is 0.394 e. The first-order valence-electron chi connectivity index (χ1n) is 30.1. The normalized spacial score (nSPS) is 23.1. The molecule has 0 saturated carbocycles. The molecular formula is C60H79ClF6N12O10S2. The molecule has 31 heteroatoms. The zero-order valence-electron chi connectivity index (χ0n) is 52.0. The number of carbonyl (C=O) groups is 4. The molecule has 0 aromatic carbocycles. The molecule has 6 aliphatic rings. The van der Waals surface area contributed by atoms with Crippen molar-refractivity contribution in [3.05, 3.63) is 76.9 Å². The zero-order chi connectivity index (χ0) is 66.7. The molecule has 5 N–H and O–H groups in total. The van der Waals surface area contributed by atoms with Gasteiger partial charge in [0, 0.05) is 70.0 Å². The van der Waals surface area contributed by atoms with E-state index in [1.165, 1.54) is 41.3 Å². The first-order chi connectivity index (χ1) is 42.4. The van der Waals surface area contributed by atoms with Crippen LogP contribution in [0.5, 0.6) is 0 Å². The maximum atomic E-state index is 13.6. The van der Waals surface area contributed by atoms with Gasteiger partial charge in [-0.05, 0) is 146 Å². The lowest BCUT2D eigenvalue weighted by Crippen LogP contribution is -2.41. The van der Waals surface area contributed by atoms with Crippen molar-refractivity contribution in [1.82, 2.24) is 34.7 Å². The highest BCUT2D eigenvalue weighted by Crippen LogP contribution is 2.44. The summed E-state index contributed by atoms with van der Waals surface area (Å²) in [5.41, 5.74) is -4.22. The smallest absolute Gasteiger partial charge is 0.370 e. The minimum atomic E-state index is -4.40. The summed E-state index contributed by atoms with van der Waals surface area (Å²) >= 11 is 6.14. The van der Waals surface area contributed by atoms with E-state index in [2.05, 4.69) is 59.1 Å². The lowest BCUT2D eigenvalue weighted by molar-refractivity contribution is -0.217. The number of hydrogen-bond acceptors (Lipinski definition) is 18. The topological polar surface area (TPSA) is 276 Å². The number of nitrogens with one attached hydrogen (secondary N) is 5. The van der Waals surface area contributed by atoms with E-state index < -0.39 is 78.7 Å². The van der Waals surface area contributed by atoms with Gasteiger partial charge in [-0.3, -0.25) is 24.1 Å². The summed E-state index contributed by atoms with van der Waals surface area (Å²) in [5.74, 6) is 0.108. The molecule has 0 radical (unpaired) electrons. The summed E-state index contributed by atoms with van der Waals surface area (Å²) in [6.07, 6.45) is -4.44. The number of sulfonamides is 2. The molecule has 10 heterocycles. The Bertz CT molecular complexity index is 3560. The number of aromatic nitrogens is 4. The first-order valence-corrected chi connectivity index (χ1v) is 33.5. The van der Waals surface area contributed by atoms with Crippen molar-refractivity contribution >= 4 is 84.4 Å². The van der Waals surface area contributed by atoms with Crippen LogP contribution in [-0.4, -0.2) is 149 Å². The van der Waals surface area contributed by atoms with Gasteiger partial charge in [-0.1, -0.05) is 51.4 Å². The minimum Gasteiger partial charge on any atom is -0.370 e. The summed E-state index contributed by atoms with van der Waals surface area (Å²) in [5, 5.41) is 8.62. The van der Waals surface area contributed by atoms with Crippen LogP contribution in [0.2, 0.25) is 5.15 Å². The second-order valence-corrected chi connectivity index (χ2v) is 29.7. The van der Waals surface area contributed by atoms with Crippen LogP contribution >= 0.6 is 11.6 Å². The molecule has 4 amide bonds. The van der Waals surface area contributed by atoms with Crippen molar-refractivity contribution in [1.29, 1.82) is 0 Å². The molecule has 4 atom stereocenters.